The van der Waals surface area contributed by atoms with Crippen molar-refractivity contribution in [1.29, 1.82) is 0 Å². The second-order valence-electron chi connectivity index (χ2n) is 3.33. The monoisotopic (exact) mass is 318 g/mol. The lowest BCUT2D eigenvalue weighted by atomic mass is 10.3. The summed E-state index contributed by atoms with van der Waals surface area (Å²) in [5, 5.41) is 1.49. The highest BCUT2D eigenvalue weighted by molar-refractivity contribution is 9.10. The first-order chi connectivity index (χ1) is 7.45. The summed E-state index contributed by atoms with van der Waals surface area (Å²) in [6.45, 7) is 3.69. The molecule has 0 saturated carbocycles. The third kappa shape index (κ3) is 3.81. The number of benzene rings is 1. The molecule has 1 aromatic carbocycles. The third-order valence-electron chi connectivity index (χ3n) is 1.94. The molecule has 0 aliphatic carbocycles. The molecule has 0 unspecified atom stereocenters. The van der Waals surface area contributed by atoms with Crippen LogP contribution in [0, 0.1) is 0 Å². The summed E-state index contributed by atoms with van der Waals surface area (Å²) in [6.07, 6.45) is 0.449. The van der Waals surface area contributed by atoms with Crippen LogP contribution >= 0.6 is 28.1 Å². The lowest BCUT2D eigenvalue weighted by molar-refractivity contribution is 0.598. The van der Waals surface area contributed by atoms with Gasteiger partial charge in [0.2, 0.25) is 0 Å². The molecule has 0 aliphatic heterocycles. The van der Waals surface area contributed by atoms with E-state index in [1.807, 2.05) is 0 Å². The Morgan fingerprint density at radius 1 is 1.38 bits per heavy atom. The molecule has 1 aromatic rings. The lowest BCUT2D eigenvalue weighted by Gasteiger charge is -2.05. The smallest absolute Gasteiger partial charge is 0.182 e. The molecule has 0 atom stereocenters. The van der Waals surface area contributed by atoms with Gasteiger partial charge in [-0.05, 0) is 36.1 Å². The number of hydrogen-bond donors (Lipinski definition) is 0. The fourth-order valence-corrected chi connectivity index (χ4v) is 3.04. The van der Waals surface area contributed by atoms with Crippen molar-refractivity contribution in [3.63, 3.8) is 0 Å². The van der Waals surface area contributed by atoms with Gasteiger partial charge in [0.25, 0.3) is 0 Å². The van der Waals surface area contributed by atoms with E-state index >= 15 is 0 Å². The van der Waals surface area contributed by atoms with E-state index in [1.165, 1.54) is 5.37 Å². The molecule has 86 valence electrons. The van der Waals surface area contributed by atoms with E-state index in [0.29, 0.717) is 16.9 Å². The Kier molecular flexibility index (Phi) is 4.83. The summed E-state index contributed by atoms with van der Waals surface area (Å²) in [6, 6.07) is 6.55. The van der Waals surface area contributed by atoms with E-state index in [4.69, 9.17) is 0 Å². The van der Waals surface area contributed by atoms with Crippen molar-refractivity contribution in [2.75, 3.05) is 5.75 Å². The van der Waals surface area contributed by atoms with E-state index in [-0.39, 0.29) is 5.75 Å². The summed E-state index contributed by atoms with van der Waals surface area (Å²) < 4.78 is 24.7. The number of hydrogen-bond acceptors (Lipinski definition) is 3. The standard InChI is InChI=1S/C11H11BrO2S2/c1-9(6-7-15)8-16(13,14)11-4-2-10(12)3-5-11/h2-5,7H,1,6,8H2. The Morgan fingerprint density at radius 3 is 2.44 bits per heavy atom. The topological polar surface area (TPSA) is 34.1 Å². The highest BCUT2D eigenvalue weighted by Gasteiger charge is 2.15. The third-order valence-corrected chi connectivity index (χ3v) is 4.41. The van der Waals surface area contributed by atoms with E-state index in [0.717, 1.165) is 4.47 Å². The molecule has 0 bridgehead atoms. The molecule has 0 saturated heterocycles. The zero-order valence-corrected chi connectivity index (χ0v) is 11.7. The van der Waals surface area contributed by atoms with E-state index < -0.39 is 9.84 Å². The maximum atomic E-state index is 11.9. The fraction of sp³-hybridized carbons (Fsp3) is 0.182. The van der Waals surface area contributed by atoms with Gasteiger partial charge in [-0.1, -0.05) is 40.3 Å². The summed E-state index contributed by atoms with van der Waals surface area (Å²) >= 11 is 7.92. The Bertz CT molecular complexity index is 489. The highest BCUT2D eigenvalue weighted by atomic mass is 79.9. The molecule has 0 fully saturated rings. The first-order valence-electron chi connectivity index (χ1n) is 4.54. The predicted molar refractivity (Wildman–Crippen MR) is 73.6 cm³/mol. The van der Waals surface area contributed by atoms with Crippen LogP contribution in [0.25, 0.3) is 0 Å². The molecule has 0 aromatic heterocycles. The molecule has 16 heavy (non-hydrogen) atoms. The van der Waals surface area contributed by atoms with E-state index in [1.54, 1.807) is 24.3 Å². The van der Waals surface area contributed by atoms with Gasteiger partial charge in [0, 0.05) is 4.47 Å². The zero-order valence-electron chi connectivity index (χ0n) is 8.52. The van der Waals surface area contributed by atoms with Crippen molar-refractivity contribution in [1.82, 2.24) is 0 Å². The Morgan fingerprint density at radius 2 is 1.94 bits per heavy atom. The molecule has 0 aliphatic rings. The van der Waals surface area contributed by atoms with Crippen molar-refractivity contribution in [2.24, 2.45) is 0 Å². The van der Waals surface area contributed by atoms with Crippen molar-refractivity contribution in [3.8, 4) is 0 Å². The summed E-state index contributed by atoms with van der Waals surface area (Å²) in [4.78, 5) is 0.307. The van der Waals surface area contributed by atoms with Crippen molar-refractivity contribution in [2.45, 2.75) is 11.3 Å². The quantitative estimate of drug-likeness (QED) is 0.617. The first-order valence-corrected chi connectivity index (χ1v) is 7.46. The van der Waals surface area contributed by atoms with Crippen molar-refractivity contribution >= 4 is 43.4 Å². The zero-order chi connectivity index (χ0) is 12.2. The van der Waals surface area contributed by atoms with Gasteiger partial charge < -0.3 is 0 Å². The van der Waals surface area contributed by atoms with Gasteiger partial charge in [0.05, 0.1) is 10.6 Å². The number of thiocarbonyl (C=S) groups is 1. The number of halogens is 1. The van der Waals surface area contributed by atoms with Gasteiger partial charge in [-0.25, -0.2) is 8.42 Å². The molecule has 0 heterocycles. The Hall–Kier alpha value is -0.520. The van der Waals surface area contributed by atoms with Crippen LogP contribution in [-0.4, -0.2) is 19.5 Å². The Labute approximate surface area is 109 Å². The highest BCUT2D eigenvalue weighted by Crippen LogP contribution is 2.17. The van der Waals surface area contributed by atoms with Crippen LogP contribution in [0.3, 0.4) is 0 Å². The maximum absolute atomic E-state index is 11.9. The normalized spacial score (nSPS) is 11.1. The minimum Gasteiger partial charge on any atom is -0.223 e. The molecular weight excluding hydrogens is 308 g/mol. The van der Waals surface area contributed by atoms with Crippen LogP contribution in [0.4, 0.5) is 0 Å². The van der Waals surface area contributed by atoms with Gasteiger partial charge in [-0.2, -0.15) is 0 Å². The minimum absolute atomic E-state index is 0.0538. The number of rotatable bonds is 5. The summed E-state index contributed by atoms with van der Waals surface area (Å²) in [5.74, 6) is -0.0538. The van der Waals surface area contributed by atoms with Crippen molar-refractivity contribution in [3.05, 3.63) is 40.9 Å². The van der Waals surface area contributed by atoms with Crippen LogP contribution in [0.2, 0.25) is 0 Å². The van der Waals surface area contributed by atoms with Crippen LogP contribution < -0.4 is 0 Å². The first kappa shape index (κ1) is 13.5. The van der Waals surface area contributed by atoms with Gasteiger partial charge in [0.1, 0.15) is 0 Å². The van der Waals surface area contributed by atoms with Crippen LogP contribution in [0.5, 0.6) is 0 Å². The minimum atomic E-state index is -3.29. The van der Waals surface area contributed by atoms with Crippen LogP contribution in [0.15, 0.2) is 45.8 Å². The summed E-state index contributed by atoms with van der Waals surface area (Å²) in [7, 11) is -3.29. The second kappa shape index (κ2) is 5.70. The van der Waals surface area contributed by atoms with E-state index in [2.05, 4.69) is 34.7 Å². The van der Waals surface area contributed by atoms with Gasteiger partial charge in [-0.15, -0.1) is 0 Å². The molecule has 0 N–H and O–H groups in total. The van der Waals surface area contributed by atoms with Gasteiger partial charge >= 0.3 is 0 Å². The molecule has 0 radical (unpaired) electrons. The fourth-order valence-electron chi connectivity index (χ4n) is 1.17. The van der Waals surface area contributed by atoms with Crippen molar-refractivity contribution < 1.29 is 8.42 Å². The largest absolute Gasteiger partial charge is 0.223 e. The van der Waals surface area contributed by atoms with Crippen LogP contribution in [0.1, 0.15) is 6.42 Å². The molecule has 0 spiro atoms. The average Bonchev–Trinajstić information content (AvgIpc) is 2.17. The van der Waals surface area contributed by atoms with E-state index in [9.17, 15) is 8.42 Å². The SMILES string of the molecule is C=C(CC=S)CS(=O)(=O)c1ccc(Br)cc1. The number of sulfone groups is 1. The molecule has 2 nitrogen and oxygen atoms in total. The Balaban J connectivity index is 2.90. The summed E-state index contributed by atoms with van der Waals surface area (Å²) in [5.41, 5.74) is 0.609. The maximum Gasteiger partial charge on any atom is 0.182 e. The van der Waals surface area contributed by atoms with Crippen LogP contribution in [-0.2, 0) is 9.84 Å². The molecule has 1 rings (SSSR count). The molecule has 0 amide bonds. The van der Waals surface area contributed by atoms with Gasteiger partial charge in [0.15, 0.2) is 9.84 Å². The molecular formula is C11H11BrO2S2. The molecule has 5 heteroatoms. The second-order valence-corrected chi connectivity index (χ2v) is 6.57. The predicted octanol–water partition coefficient (Wildman–Crippen LogP) is 3.17. The average molecular weight is 319 g/mol. The lowest BCUT2D eigenvalue weighted by Crippen LogP contribution is -2.08. The van der Waals surface area contributed by atoms with Gasteiger partial charge in [-0.3, -0.25) is 0 Å².